The standard InChI is InChI=1S/C16H19N3O3S.BrH/c17-23(21,22)15-9-7-14(8-10-15)18-16(20)6-2-5-13-19-11-3-1-4-12-19;/h1,3-4,7-12H,2,5-6,13H2,(H2-,17,18,20,21,22);1H. The van der Waals surface area contributed by atoms with E-state index < -0.39 is 10.0 Å². The Morgan fingerprint density at radius 3 is 2.25 bits per heavy atom. The van der Waals surface area contributed by atoms with E-state index in [9.17, 15) is 13.2 Å². The molecule has 0 spiro atoms. The summed E-state index contributed by atoms with van der Waals surface area (Å²) in [6.07, 6.45) is 6.10. The molecule has 0 radical (unpaired) electrons. The number of rotatable bonds is 7. The van der Waals surface area contributed by atoms with Gasteiger partial charge in [-0.15, -0.1) is 0 Å². The zero-order valence-corrected chi connectivity index (χ0v) is 15.5. The van der Waals surface area contributed by atoms with Crippen molar-refractivity contribution in [2.45, 2.75) is 30.7 Å². The first-order valence-electron chi connectivity index (χ1n) is 7.32. The minimum absolute atomic E-state index is 0. The molecule has 0 aliphatic heterocycles. The van der Waals surface area contributed by atoms with Crippen molar-refractivity contribution < 1.29 is 34.8 Å². The number of sulfonamides is 1. The molecular weight excluding hydrogens is 394 g/mol. The maximum atomic E-state index is 11.8. The number of primary sulfonamides is 1. The summed E-state index contributed by atoms with van der Waals surface area (Å²) in [4.78, 5) is 11.9. The average molecular weight is 414 g/mol. The second kappa shape index (κ2) is 9.51. The predicted molar refractivity (Wildman–Crippen MR) is 86.9 cm³/mol. The van der Waals surface area contributed by atoms with Crippen molar-refractivity contribution in [3.63, 3.8) is 0 Å². The third kappa shape index (κ3) is 6.77. The fourth-order valence-electron chi connectivity index (χ4n) is 2.11. The quantitative estimate of drug-likeness (QED) is 0.424. The first-order valence-corrected chi connectivity index (χ1v) is 8.86. The topological polar surface area (TPSA) is 93.1 Å². The van der Waals surface area contributed by atoms with Gasteiger partial charge in [0, 0.05) is 30.7 Å². The number of nitrogens with zero attached hydrogens (tertiary/aromatic N) is 1. The predicted octanol–water partition coefficient (Wildman–Crippen LogP) is -1.57. The Balaban J connectivity index is 0.00000288. The Morgan fingerprint density at radius 1 is 1.04 bits per heavy atom. The van der Waals surface area contributed by atoms with Crippen LogP contribution in [0.1, 0.15) is 19.3 Å². The summed E-state index contributed by atoms with van der Waals surface area (Å²) in [5.41, 5.74) is 0.555. The number of carbonyl (C=O) groups is 1. The fourth-order valence-corrected chi connectivity index (χ4v) is 2.63. The summed E-state index contributed by atoms with van der Waals surface area (Å²) in [5, 5.41) is 7.76. The number of pyridine rings is 1. The molecule has 0 fully saturated rings. The number of nitrogens with one attached hydrogen (secondary N) is 1. The normalized spacial score (nSPS) is 10.7. The Labute approximate surface area is 152 Å². The maximum Gasteiger partial charge on any atom is 0.238 e. The zero-order valence-electron chi connectivity index (χ0n) is 13.1. The third-order valence-electron chi connectivity index (χ3n) is 3.31. The number of aryl methyl sites for hydroxylation is 1. The fraction of sp³-hybridized carbons (Fsp3) is 0.250. The minimum Gasteiger partial charge on any atom is -1.00 e. The van der Waals surface area contributed by atoms with Crippen molar-refractivity contribution in [3.05, 3.63) is 54.9 Å². The molecule has 1 aromatic carbocycles. The largest absolute Gasteiger partial charge is 1.00 e. The molecule has 6 nitrogen and oxygen atoms in total. The number of benzene rings is 1. The maximum absolute atomic E-state index is 11.8. The number of carbonyl (C=O) groups excluding carboxylic acids is 1. The van der Waals surface area contributed by atoms with Crippen molar-refractivity contribution >= 4 is 21.6 Å². The summed E-state index contributed by atoms with van der Waals surface area (Å²) in [7, 11) is -3.71. The molecule has 1 aromatic heterocycles. The van der Waals surface area contributed by atoms with Crippen LogP contribution in [0.15, 0.2) is 59.8 Å². The molecule has 0 unspecified atom stereocenters. The van der Waals surface area contributed by atoms with E-state index in [-0.39, 0.29) is 27.8 Å². The molecular formula is C16H20BrN3O3S. The van der Waals surface area contributed by atoms with Crippen LogP contribution in [0.25, 0.3) is 0 Å². The highest BCUT2D eigenvalue weighted by atomic mass is 79.9. The van der Waals surface area contributed by atoms with Crippen LogP contribution in [-0.2, 0) is 21.4 Å². The second-order valence-corrected chi connectivity index (χ2v) is 6.75. The van der Waals surface area contributed by atoms with Gasteiger partial charge in [0.2, 0.25) is 15.9 Å². The number of halogens is 1. The highest BCUT2D eigenvalue weighted by Crippen LogP contribution is 2.13. The first-order chi connectivity index (χ1) is 10.9. The van der Waals surface area contributed by atoms with Crippen LogP contribution in [0.5, 0.6) is 0 Å². The first kappa shape index (κ1) is 20.3. The van der Waals surface area contributed by atoms with Crippen LogP contribution < -0.4 is 32.0 Å². The highest BCUT2D eigenvalue weighted by molar-refractivity contribution is 7.89. The van der Waals surface area contributed by atoms with Gasteiger partial charge in [-0.3, -0.25) is 4.79 Å². The van der Waals surface area contributed by atoms with Crippen molar-refractivity contribution in [3.8, 4) is 0 Å². The van der Waals surface area contributed by atoms with Gasteiger partial charge in [-0.05, 0) is 30.7 Å². The van der Waals surface area contributed by atoms with Crippen LogP contribution in [-0.4, -0.2) is 14.3 Å². The molecule has 2 rings (SSSR count). The summed E-state index contributed by atoms with van der Waals surface area (Å²) in [6.45, 7) is 0.872. The van der Waals surface area contributed by atoms with Crippen molar-refractivity contribution in [1.29, 1.82) is 0 Å². The number of hydrogen-bond donors (Lipinski definition) is 2. The molecule has 0 aliphatic carbocycles. The second-order valence-electron chi connectivity index (χ2n) is 5.19. The van der Waals surface area contributed by atoms with E-state index in [1.165, 1.54) is 24.3 Å². The summed E-state index contributed by atoms with van der Waals surface area (Å²) >= 11 is 0. The molecule has 24 heavy (non-hydrogen) atoms. The van der Waals surface area contributed by atoms with Gasteiger partial charge in [0.1, 0.15) is 6.54 Å². The van der Waals surface area contributed by atoms with Gasteiger partial charge in [0.25, 0.3) is 0 Å². The van der Waals surface area contributed by atoms with E-state index in [0.717, 1.165) is 19.4 Å². The molecule has 1 amide bonds. The molecule has 8 heteroatoms. The molecule has 0 aliphatic rings. The summed E-state index contributed by atoms with van der Waals surface area (Å²) < 4.78 is 24.4. The molecule has 0 bridgehead atoms. The number of anilines is 1. The Kier molecular flexibility index (Phi) is 8.03. The van der Waals surface area contributed by atoms with Gasteiger partial charge in [-0.1, -0.05) is 6.07 Å². The van der Waals surface area contributed by atoms with Crippen LogP contribution in [0, 0.1) is 0 Å². The molecule has 130 valence electrons. The van der Waals surface area contributed by atoms with Crippen molar-refractivity contribution in [1.82, 2.24) is 0 Å². The number of hydrogen-bond acceptors (Lipinski definition) is 3. The van der Waals surface area contributed by atoms with Gasteiger partial charge in [-0.25, -0.2) is 18.1 Å². The SMILES string of the molecule is NS(=O)(=O)c1ccc(NC(=O)CCCC[n+]2ccccc2)cc1.[Br-]. The van der Waals surface area contributed by atoms with Gasteiger partial charge in [0.05, 0.1) is 4.90 Å². The van der Waals surface area contributed by atoms with Crippen LogP contribution in [0.3, 0.4) is 0 Å². The molecule has 0 saturated carbocycles. The average Bonchev–Trinajstić information content (AvgIpc) is 2.52. The Hall–Kier alpha value is -1.77. The van der Waals surface area contributed by atoms with Gasteiger partial charge in [0.15, 0.2) is 12.4 Å². The summed E-state index contributed by atoms with van der Waals surface area (Å²) in [5.74, 6) is -0.0913. The van der Waals surface area contributed by atoms with E-state index in [0.29, 0.717) is 12.1 Å². The molecule has 0 atom stereocenters. The smallest absolute Gasteiger partial charge is 0.238 e. The summed E-state index contributed by atoms with van der Waals surface area (Å²) in [6, 6.07) is 11.7. The van der Waals surface area contributed by atoms with Crippen LogP contribution in [0.2, 0.25) is 0 Å². The lowest BCUT2D eigenvalue weighted by molar-refractivity contribution is -0.697. The van der Waals surface area contributed by atoms with E-state index in [1.54, 1.807) is 0 Å². The third-order valence-corrected chi connectivity index (χ3v) is 4.24. The molecule has 1 heterocycles. The lowest BCUT2D eigenvalue weighted by Crippen LogP contribution is -3.00. The lowest BCUT2D eigenvalue weighted by Gasteiger charge is -2.05. The van der Waals surface area contributed by atoms with Crippen molar-refractivity contribution in [2.75, 3.05) is 5.32 Å². The Morgan fingerprint density at radius 2 is 1.67 bits per heavy atom. The van der Waals surface area contributed by atoms with E-state index in [4.69, 9.17) is 5.14 Å². The van der Waals surface area contributed by atoms with Gasteiger partial charge < -0.3 is 22.3 Å². The van der Waals surface area contributed by atoms with E-state index in [2.05, 4.69) is 9.88 Å². The number of aromatic nitrogens is 1. The molecule has 0 saturated heterocycles. The number of amides is 1. The monoisotopic (exact) mass is 413 g/mol. The van der Waals surface area contributed by atoms with Crippen LogP contribution >= 0.6 is 0 Å². The lowest BCUT2D eigenvalue weighted by atomic mass is 10.2. The van der Waals surface area contributed by atoms with Gasteiger partial charge in [-0.2, -0.15) is 0 Å². The molecule has 3 N–H and O–H groups in total. The Bertz CT molecular complexity index is 750. The van der Waals surface area contributed by atoms with E-state index >= 15 is 0 Å². The highest BCUT2D eigenvalue weighted by Gasteiger charge is 2.08. The van der Waals surface area contributed by atoms with Gasteiger partial charge >= 0.3 is 0 Å². The zero-order chi connectivity index (χ0) is 16.7. The number of unbranched alkanes of at least 4 members (excludes halogenated alkanes) is 1. The molecule has 2 aromatic rings. The van der Waals surface area contributed by atoms with Crippen molar-refractivity contribution in [2.24, 2.45) is 5.14 Å². The number of nitrogens with two attached hydrogens (primary N) is 1. The van der Waals surface area contributed by atoms with Crippen LogP contribution in [0.4, 0.5) is 5.69 Å². The van der Waals surface area contributed by atoms with E-state index in [1.807, 2.05) is 30.6 Å². The minimum atomic E-state index is -3.71.